The number of benzene rings is 1. The smallest absolute Gasteiger partial charge is 0.129 e. The number of rotatable bonds is 1. The third kappa shape index (κ3) is 1.96. The average molecular weight is 225 g/mol. The largest absolute Gasteiger partial charge is 0.317 e. The third-order valence-corrected chi connectivity index (χ3v) is 3.53. The molecule has 1 heterocycles. The maximum atomic E-state index is 13.5. The molecule has 0 unspecified atom stereocenters. The molecule has 16 heavy (non-hydrogen) atoms. The zero-order valence-corrected chi connectivity index (χ0v) is 9.74. The highest BCUT2D eigenvalue weighted by Crippen LogP contribution is 2.32. The number of halogens is 2. The van der Waals surface area contributed by atoms with Crippen molar-refractivity contribution < 1.29 is 8.78 Å². The van der Waals surface area contributed by atoms with E-state index < -0.39 is 11.6 Å². The van der Waals surface area contributed by atoms with E-state index in [1.165, 1.54) is 0 Å². The van der Waals surface area contributed by atoms with Gasteiger partial charge in [0.1, 0.15) is 11.6 Å². The molecule has 1 aliphatic rings. The van der Waals surface area contributed by atoms with Crippen LogP contribution in [0.1, 0.15) is 35.4 Å². The number of nitrogens with one attached hydrogen (secondary N) is 1. The van der Waals surface area contributed by atoms with Crippen molar-refractivity contribution in [3.05, 3.63) is 34.4 Å². The van der Waals surface area contributed by atoms with E-state index in [0.717, 1.165) is 37.6 Å². The van der Waals surface area contributed by atoms with Crippen molar-refractivity contribution in [2.24, 2.45) is 0 Å². The topological polar surface area (TPSA) is 12.0 Å². The molecule has 0 bridgehead atoms. The van der Waals surface area contributed by atoms with Gasteiger partial charge in [-0.3, -0.25) is 0 Å². The highest BCUT2D eigenvalue weighted by Gasteiger charge is 2.22. The summed E-state index contributed by atoms with van der Waals surface area (Å²) in [5, 5.41) is 3.27. The molecule has 1 saturated heterocycles. The molecule has 88 valence electrons. The Hall–Kier alpha value is -0.960. The van der Waals surface area contributed by atoms with Gasteiger partial charge < -0.3 is 5.32 Å². The normalized spacial score (nSPS) is 17.8. The SMILES string of the molecule is Cc1c(F)cc(F)c(C)c1C1CCNCC1. The van der Waals surface area contributed by atoms with E-state index in [9.17, 15) is 8.78 Å². The van der Waals surface area contributed by atoms with Crippen LogP contribution in [0.4, 0.5) is 8.78 Å². The molecule has 0 aromatic heterocycles. The fourth-order valence-electron chi connectivity index (χ4n) is 2.59. The van der Waals surface area contributed by atoms with Crippen molar-refractivity contribution in [3.8, 4) is 0 Å². The lowest BCUT2D eigenvalue weighted by atomic mass is 9.84. The Morgan fingerprint density at radius 2 is 1.56 bits per heavy atom. The van der Waals surface area contributed by atoms with E-state index in [4.69, 9.17) is 0 Å². The first-order chi connectivity index (χ1) is 7.61. The van der Waals surface area contributed by atoms with Gasteiger partial charge >= 0.3 is 0 Å². The highest BCUT2D eigenvalue weighted by atomic mass is 19.1. The van der Waals surface area contributed by atoms with Crippen LogP contribution < -0.4 is 5.32 Å². The second-order valence-corrected chi connectivity index (χ2v) is 4.53. The van der Waals surface area contributed by atoms with Crippen LogP contribution in [0.5, 0.6) is 0 Å². The fraction of sp³-hybridized carbons (Fsp3) is 0.538. The Morgan fingerprint density at radius 1 is 1.06 bits per heavy atom. The maximum Gasteiger partial charge on any atom is 0.129 e. The second-order valence-electron chi connectivity index (χ2n) is 4.53. The van der Waals surface area contributed by atoms with Crippen LogP contribution in [0.15, 0.2) is 6.07 Å². The van der Waals surface area contributed by atoms with Gasteiger partial charge in [-0.15, -0.1) is 0 Å². The monoisotopic (exact) mass is 225 g/mol. The molecular formula is C13H17F2N. The summed E-state index contributed by atoms with van der Waals surface area (Å²) in [6.45, 7) is 5.36. The molecule has 3 heteroatoms. The van der Waals surface area contributed by atoms with Crippen molar-refractivity contribution in [1.29, 1.82) is 0 Å². The summed E-state index contributed by atoms with van der Waals surface area (Å²) in [6, 6.07) is 0.995. The number of hydrogen-bond donors (Lipinski definition) is 1. The average Bonchev–Trinajstić information content (AvgIpc) is 2.28. The van der Waals surface area contributed by atoms with Crippen LogP contribution in [0, 0.1) is 25.5 Å². The Morgan fingerprint density at radius 3 is 2.06 bits per heavy atom. The Labute approximate surface area is 94.9 Å². The summed E-state index contributed by atoms with van der Waals surface area (Å²) in [5.41, 5.74) is 2.12. The predicted octanol–water partition coefficient (Wildman–Crippen LogP) is 3.05. The molecular weight excluding hydrogens is 208 g/mol. The first-order valence-corrected chi connectivity index (χ1v) is 5.77. The van der Waals surface area contributed by atoms with E-state index in [1.54, 1.807) is 13.8 Å². The van der Waals surface area contributed by atoms with Crippen LogP contribution in [0.2, 0.25) is 0 Å². The molecule has 0 atom stereocenters. The molecule has 1 nitrogen and oxygen atoms in total. The minimum Gasteiger partial charge on any atom is -0.317 e. The molecule has 1 aromatic rings. The molecule has 1 N–H and O–H groups in total. The second kappa shape index (κ2) is 4.50. The van der Waals surface area contributed by atoms with Crippen LogP contribution >= 0.6 is 0 Å². The summed E-state index contributed by atoms with van der Waals surface area (Å²) in [5.74, 6) is -0.542. The zero-order chi connectivity index (χ0) is 11.7. The quantitative estimate of drug-likeness (QED) is 0.774. The van der Waals surface area contributed by atoms with E-state index >= 15 is 0 Å². The molecule has 0 spiro atoms. The molecule has 1 aromatic carbocycles. The van der Waals surface area contributed by atoms with Gasteiger partial charge in [0, 0.05) is 6.07 Å². The van der Waals surface area contributed by atoms with Crippen molar-refractivity contribution in [3.63, 3.8) is 0 Å². The van der Waals surface area contributed by atoms with E-state index in [2.05, 4.69) is 5.32 Å². The predicted molar refractivity (Wildman–Crippen MR) is 60.7 cm³/mol. The van der Waals surface area contributed by atoms with Crippen LogP contribution in [-0.2, 0) is 0 Å². The highest BCUT2D eigenvalue weighted by molar-refractivity contribution is 5.38. The lowest BCUT2D eigenvalue weighted by molar-refractivity contribution is 0.451. The van der Waals surface area contributed by atoms with Gasteiger partial charge in [0.25, 0.3) is 0 Å². The van der Waals surface area contributed by atoms with Crippen LogP contribution in [-0.4, -0.2) is 13.1 Å². The zero-order valence-electron chi connectivity index (χ0n) is 9.74. The number of piperidine rings is 1. The van der Waals surface area contributed by atoms with Gasteiger partial charge in [-0.2, -0.15) is 0 Å². The summed E-state index contributed by atoms with van der Waals surface area (Å²) >= 11 is 0. The summed E-state index contributed by atoms with van der Waals surface area (Å²) in [7, 11) is 0. The van der Waals surface area contributed by atoms with Gasteiger partial charge in [0.05, 0.1) is 0 Å². The third-order valence-electron chi connectivity index (χ3n) is 3.53. The molecule has 0 amide bonds. The maximum absolute atomic E-state index is 13.5. The van der Waals surface area contributed by atoms with Crippen molar-refractivity contribution in [1.82, 2.24) is 5.32 Å². The molecule has 0 aliphatic carbocycles. The standard InChI is InChI=1S/C13H17F2N/c1-8-11(14)7-12(15)9(2)13(8)10-3-5-16-6-4-10/h7,10,16H,3-6H2,1-2H3. The van der Waals surface area contributed by atoms with Gasteiger partial charge in [0.15, 0.2) is 0 Å². The van der Waals surface area contributed by atoms with Crippen molar-refractivity contribution in [2.45, 2.75) is 32.6 Å². The van der Waals surface area contributed by atoms with Crippen LogP contribution in [0.25, 0.3) is 0 Å². The Balaban J connectivity index is 2.45. The van der Waals surface area contributed by atoms with Crippen LogP contribution in [0.3, 0.4) is 0 Å². The first kappa shape index (κ1) is 11.5. The number of hydrogen-bond acceptors (Lipinski definition) is 1. The van der Waals surface area contributed by atoms with Gasteiger partial charge in [-0.1, -0.05) is 0 Å². The lowest BCUT2D eigenvalue weighted by Gasteiger charge is -2.26. The van der Waals surface area contributed by atoms with E-state index in [0.29, 0.717) is 17.0 Å². The first-order valence-electron chi connectivity index (χ1n) is 5.77. The summed E-state index contributed by atoms with van der Waals surface area (Å²) < 4.78 is 27.0. The minimum atomic E-state index is -0.420. The molecule has 0 saturated carbocycles. The molecule has 1 fully saturated rings. The lowest BCUT2D eigenvalue weighted by Crippen LogP contribution is -2.27. The Bertz CT molecular complexity index is 369. The molecule has 0 radical (unpaired) electrons. The van der Waals surface area contributed by atoms with Crippen molar-refractivity contribution >= 4 is 0 Å². The van der Waals surface area contributed by atoms with Gasteiger partial charge in [-0.25, -0.2) is 8.78 Å². The van der Waals surface area contributed by atoms with E-state index in [-0.39, 0.29) is 0 Å². The van der Waals surface area contributed by atoms with Crippen molar-refractivity contribution in [2.75, 3.05) is 13.1 Å². The summed E-state index contributed by atoms with van der Waals surface area (Å²) in [6.07, 6.45) is 1.93. The van der Waals surface area contributed by atoms with Gasteiger partial charge in [0.2, 0.25) is 0 Å². The Kier molecular flexibility index (Phi) is 3.24. The fourth-order valence-corrected chi connectivity index (χ4v) is 2.59. The summed E-state index contributed by atoms with van der Waals surface area (Å²) in [4.78, 5) is 0. The molecule has 1 aliphatic heterocycles. The van der Waals surface area contributed by atoms with Gasteiger partial charge in [-0.05, 0) is 62.4 Å². The van der Waals surface area contributed by atoms with E-state index in [1.807, 2.05) is 0 Å². The minimum absolute atomic E-state index is 0.298. The molecule has 2 rings (SSSR count).